The Hall–Kier alpha value is -4.67. The molecule has 0 unspecified atom stereocenters. The lowest BCUT2D eigenvalue weighted by Crippen LogP contribution is -2.34. The molecular weight excluding hydrogens is 707 g/mol. The summed E-state index contributed by atoms with van der Waals surface area (Å²) in [6, 6.07) is 21.4. The molecule has 0 aromatic heterocycles. The van der Waals surface area contributed by atoms with Crippen LogP contribution in [-0.4, -0.2) is 48.0 Å². The average molecular weight is 758 g/mol. The number of allylic oxidation sites excluding steroid dienone is 7. The van der Waals surface area contributed by atoms with Crippen LogP contribution >= 0.6 is 12.0 Å². The third kappa shape index (κ3) is 6.82. The van der Waals surface area contributed by atoms with E-state index in [2.05, 4.69) is 140 Å². The van der Waals surface area contributed by atoms with Gasteiger partial charge in [0.1, 0.15) is 12.6 Å². The second kappa shape index (κ2) is 14.1. The molecule has 0 radical (unpaired) electrons. The van der Waals surface area contributed by atoms with Gasteiger partial charge in [0.2, 0.25) is 5.69 Å². The number of hydrogen-bond donors (Lipinski definition) is 0. The van der Waals surface area contributed by atoms with Crippen molar-refractivity contribution in [3.63, 3.8) is 0 Å². The van der Waals surface area contributed by atoms with Gasteiger partial charge in [-0.3, -0.25) is 9.94 Å². The van der Waals surface area contributed by atoms with Gasteiger partial charge < -0.3 is 14.9 Å². The van der Waals surface area contributed by atoms with E-state index in [-0.39, 0.29) is 16.9 Å². The normalized spacial score (nSPS) is 19.2. The van der Waals surface area contributed by atoms with Crippen molar-refractivity contribution in [2.24, 2.45) is 0 Å². The number of amides is 1. The van der Waals surface area contributed by atoms with Crippen molar-refractivity contribution in [2.75, 3.05) is 26.0 Å². The van der Waals surface area contributed by atoms with Crippen LogP contribution in [-0.2, 0) is 24.9 Å². The van der Waals surface area contributed by atoms with E-state index in [1.807, 2.05) is 40.0 Å². The molecule has 0 fully saturated rings. The zero-order chi connectivity index (χ0) is 39.6. The van der Waals surface area contributed by atoms with Crippen LogP contribution in [0.4, 0.5) is 16.2 Å². The minimum atomic E-state index is -0.632. The van der Waals surface area contributed by atoms with E-state index in [9.17, 15) is 10.1 Å². The van der Waals surface area contributed by atoms with Crippen LogP contribution in [0, 0.1) is 6.92 Å². The zero-order valence-electron chi connectivity index (χ0n) is 33.8. The maximum atomic E-state index is 13.7. The first-order valence-corrected chi connectivity index (χ1v) is 19.6. The molecule has 2 heterocycles. The Morgan fingerprint density at radius 1 is 0.909 bits per heavy atom. The van der Waals surface area contributed by atoms with E-state index in [0.29, 0.717) is 0 Å². The summed E-state index contributed by atoms with van der Waals surface area (Å²) in [5.74, 6) is 0. The van der Waals surface area contributed by atoms with Crippen LogP contribution in [0.5, 0.6) is 0 Å². The van der Waals surface area contributed by atoms with Crippen molar-refractivity contribution < 1.29 is 28.7 Å². The van der Waals surface area contributed by atoms with Crippen molar-refractivity contribution in [1.82, 2.24) is 4.90 Å². The smallest absolute Gasteiger partial charge is 0.414 e. The molecule has 9 heteroatoms. The summed E-state index contributed by atoms with van der Waals surface area (Å²) in [5, 5.41) is 18.7. The van der Waals surface area contributed by atoms with Gasteiger partial charge in [0.05, 0.1) is 23.2 Å². The molecule has 55 heavy (non-hydrogen) atoms. The number of benzene rings is 4. The first-order chi connectivity index (χ1) is 25.9. The molecule has 7 rings (SSSR count). The number of carbonyl (C=O) groups excluding carboxylic acids is 1. The van der Waals surface area contributed by atoms with Crippen LogP contribution in [0.3, 0.4) is 0 Å². The van der Waals surface area contributed by atoms with Gasteiger partial charge in [0.25, 0.3) is 0 Å². The highest BCUT2D eigenvalue weighted by Crippen LogP contribution is 2.50. The number of likely N-dealkylation sites (N-methyl/N-ethyl adjacent to an activating group) is 2. The summed E-state index contributed by atoms with van der Waals surface area (Å²) in [6.07, 6.45) is 10.1. The molecule has 1 amide bonds. The fraction of sp³-hybridized carbons (Fsp3) is 0.348. The van der Waals surface area contributed by atoms with Crippen LogP contribution in [0.1, 0.15) is 78.0 Å². The highest BCUT2D eigenvalue weighted by molar-refractivity contribution is 7.94. The summed E-state index contributed by atoms with van der Waals surface area (Å²) in [7, 11) is 6.08. The van der Waals surface area contributed by atoms with Crippen LogP contribution < -0.4 is 10.2 Å². The third-order valence-corrected chi connectivity index (χ3v) is 12.0. The van der Waals surface area contributed by atoms with Gasteiger partial charge in [-0.05, 0) is 123 Å². The first kappa shape index (κ1) is 38.6. The third-order valence-electron chi connectivity index (χ3n) is 11.4. The highest BCUT2D eigenvalue weighted by atomic mass is 32.2. The quantitative estimate of drug-likeness (QED) is 0.0804. The second-order valence-corrected chi connectivity index (χ2v) is 17.8. The molecule has 8 nitrogen and oxygen atoms in total. The predicted molar refractivity (Wildman–Crippen MR) is 222 cm³/mol. The molecule has 0 saturated carbocycles. The van der Waals surface area contributed by atoms with E-state index in [1.54, 1.807) is 4.90 Å². The topological polar surface area (TPSA) is 77.3 Å². The summed E-state index contributed by atoms with van der Waals surface area (Å²) in [5.41, 5.74) is 10.4. The van der Waals surface area contributed by atoms with E-state index in [1.165, 1.54) is 38.8 Å². The lowest BCUT2D eigenvalue weighted by molar-refractivity contribution is -0.777. The molecule has 286 valence electrons. The Balaban J connectivity index is 1.27. The maximum absolute atomic E-state index is 13.7. The zero-order valence-corrected chi connectivity index (χ0v) is 34.6. The number of rotatable bonds is 7. The Bertz CT molecular complexity index is 2410. The van der Waals surface area contributed by atoms with Crippen molar-refractivity contribution in [3.8, 4) is 0 Å². The molecule has 4 aromatic carbocycles. The van der Waals surface area contributed by atoms with Crippen LogP contribution in [0.15, 0.2) is 112 Å². The lowest BCUT2D eigenvalue weighted by Gasteiger charge is -2.27. The molecule has 0 saturated heterocycles. The van der Waals surface area contributed by atoms with Crippen molar-refractivity contribution in [1.29, 1.82) is 0 Å². The molecule has 0 spiro atoms. The molecular formula is C46H51N3O5S. The van der Waals surface area contributed by atoms with Crippen molar-refractivity contribution >= 4 is 56.8 Å². The number of fused-ring (bicyclic) bond motifs is 6. The SMILES string of the molecule is Cc1ccc2c3c(ccc2c1)N(C)/C(=C/C=C1CCC(/C=C/C2=[N+](C)c4ccc5cc(SOO[O-])ccc5c4C2(C)C)=C1N(C)C(=O)OC(C)(C)C)C3(C)C. The lowest BCUT2D eigenvalue weighted by atomic mass is 9.79. The van der Waals surface area contributed by atoms with Crippen LogP contribution in [0.25, 0.3) is 21.5 Å². The number of anilines is 1. The monoisotopic (exact) mass is 757 g/mol. The number of hydrogen-bond acceptors (Lipinski definition) is 7. The van der Waals surface area contributed by atoms with Crippen molar-refractivity contribution in [2.45, 2.75) is 89.6 Å². The van der Waals surface area contributed by atoms with E-state index in [0.717, 1.165) is 68.8 Å². The van der Waals surface area contributed by atoms with Gasteiger partial charge in [-0.25, -0.2) is 4.79 Å². The minimum Gasteiger partial charge on any atom is -0.691 e. The van der Waals surface area contributed by atoms with Gasteiger partial charge in [-0.1, -0.05) is 61.9 Å². The molecule has 0 N–H and O–H groups in total. The minimum absolute atomic E-state index is 0.230. The molecule has 4 aromatic rings. The number of nitrogens with zero attached hydrogens (tertiary/aromatic N) is 3. The number of carbonyl (C=O) groups is 1. The largest absolute Gasteiger partial charge is 0.691 e. The second-order valence-electron chi connectivity index (χ2n) is 17.0. The molecule has 0 atom stereocenters. The average Bonchev–Trinajstić information content (AvgIpc) is 3.68. The Kier molecular flexibility index (Phi) is 9.91. The Labute approximate surface area is 329 Å². The van der Waals surface area contributed by atoms with E-state index < -0.39 is 5.60 Å². The fourth-order valence-corrected chi connectivity index (χ4v) is 9.36. The van der Waals surface area contributed by atoms with Gasteiger partial charge >= 0.3 is 6.09 Å². The van der Waals surface area contributed by atoms with E-state index in [4.69, 9.17) is 4.74 Å². The van der Waals surface area contributed by atoms with Crippen LogP contribution in [0.2, 0.25) is 0 Å². The summed E-state index contributed by atoms with van der Waals surface area (Å²) in [6.45, 7) is 16.9. The van der Waals surface area contributed by atoms with E-state index >= 15 is 0 Å². The molecule has 2 aliphatic heterocycles. The highest BCUT2D eigenvalue weighted by Gasteiger charge is 2.44. The predicted octanol–water partition coefficient (Wildman–Crippen LogP) is 10.2. The maximum Gasteiger partial charge on any atom is 0.414 e. The number of ether oxygens (including phenoxy) is 1. The molecule has 1 aliphatic carbocycles. The van der Waals surface area contributed by atoms with Gasteiger partial charge in [-0.2, -0.15) is 8.91 Å². The Morgan fingerprint density at radius 2 is 1.60 bits per heavy atom. The first-order valence-electron chi connectivity index (χ1n) is 18.8. The summed E-state index contributed by atoms with van der Waals surface area (Å²) < 4.78 is 12.7. The summed E-state index contributed by atoms with van der Waals surface area (Å²) in [4.78, 5) is 18.4. The fourth-order valence-electron chi connectivity index (χ4n) is 8.95. The van der Waals surface area contributed by atoms with Gasteiger partial charge in [0.15, 0.2) is 5.71 Å². The standard InChI is InChI=1S/C46H51N3O5S/c1-28-12-20-34-31(26-28)15-22-36-40(34)45(5,6)38(47(36)9)24-17-29-13-14-30(42(29)49(11)43(50)52-44(2,3)4)18-25-39-46(7,8)41-35-21-19-33(55-54-53-51)27-32(35)16-23-37(41)48(39)10/h12,15-27H,13-14H2,1-11H3. The van der Waals surface area contributed by atoms with Crippen molar-refractivity contribution in [3.05, 3.63) is 124 Å². The van der Waals surface area contributed by atoms with Gasteiger partial charge in [0, 0.05) is 53.5 Å². The summed E-state index contributed by atoms with van der Waals surface area (Å²) >= 11 is 0.893. The molecule has 3 aliphatic rings. The molecule has 0 bridgehead atoms. The number of aryl methyl sites for hydroxylation is 1. The Morgan fingerprint density at radius 3 is 2.33 bits per heavy atom. The van der Waals surface area contributed by atoms with Gasteiger partial charge in [-0.15, -0.1) is 0 Å².